The lowest BCUT2D eigenvalue weighted by atomic mass is 9.92. The second-order valence-corrected chi connectivity index (χ2v) is 6.35. The minimum atomic E-state index is -0.108. The van der Waals surface area contributed by atoms with Crippen LogP contribution >= 0.6 is 11.3 Å². The minimum Gasteiger partial charge on any atom is -0.349 e. The van der Waals surface area contributed by atoms with Crippen molar-refractivity contribution in [1.82, 2.24) is 15.1 Å². The Morgan fingerprint density at radius 3 is 3.18 bits per heavy atom. The average Bonchev–Trinajstić information content (AvgIpc) is 3.00. The normalized spacial score (nSPS) is 17.4. The molecule has 2 heterocycles. The minimum absolute atomic E-state index is 0.0573. The molecule has 2 aromatic rings. The van der Waals surface area contributed by atoms with Crippen LogP contribution in [0.1, 0.15) is 22.6 Å². The van der Waals surface area contributed by atoms with Crippen molar-refractivity contribution in [2.75, 3.05) is 0 Å². The molecule has 0 aliphatic heterocycles. The van der Waals surface area contributed by atoms with E-state index in [9.17, 15) is 9.59 Å². The maximum absolute atomic E-state index is 12.0. The van der Waals surface area contributed by atoms with Crippen LogP contribution in [0.15, 0.2) is 34.4 Å². The molecule has 0 fully saturated rings. The van der Waals surface area contributed by atoms with E-state index >= 15 is 0 Å². The van der Waals surface area contributed by atoms with Crippen LogP contribution in [0.25, 0.3) is 6.08 Å². The highest BCUT2D eigenvalue weighted by Crippen LogP contribution is 2.18. The quantitative estimate of drug-likeness (QED) is 0.874. The molecule has 0 spiro atoms. The van der Waals surface area contributed by atoms with Crippen molar-refractivity contribution < 1.29 is 4.79 Å². The highest BCUT2D eigenvalue weighted by atomic mass is 32.1. The van der Waals surface area contributed by atoms with Gasteiger partial charge in [-0.25, -0.2) is 4.68 Å². The molecule has 0 saturated carbocycles. The molecule has 0 radical (unpaired) electrons. The third-order valence-electron chi connectivity index (χ3n) is 3.74. The summed E-state index contributed by atoms with van der Waals surface area (Å²) in [6.45, 7) is 0. The van der Waals surface area contributed by atoms with Gasteiger partial charge in [0.2, 0.25) is 5.91 Å². The van der Waals surface area contributed by atoms with Gasteiger partial charge in [0.1, 0.15) is 0 Å². The predicted molar refractivity (Wildman–Crippen MR) is 86.8 cm³/mol. The van der Waals surface area contributed by atoms with Crippen molar-refractivity contribution in [2.45, 2.75) is 25.3 Å². The third kappa shape index (κ3) is 3.33. The smallest absolute Gasteiger partial charge is 0.266 e. The lowest BCUT2D eigenvalue weighted by molar-refractivity contribution is -0.117. The summed E-state index contributed by atoms with van der Waals surface area (Å²) in [5.74, 6) is -0.0985. The van der Waals surface area contributed by atoms with Gasteiger partial charge >= 0.3 is 0 Å². The molecule has 0 unspecified atom stereocenters. The molecule has 6 heteroatoms. The van der Waals surface area contributed by atoms with Gasteiger partial charge in [-0.3, -0.25) is 9.59 Å². The van der Waals surface area contributed by atoms with Crippen LogP contribution in [0.4, 0.5) is 0 Å². The molecule has 22 heavy (non-hydrogen) atoms. The first-order valence-corrected chi connectivity index (χ1v) is 8.08. The lowest BCUT2D eigenvalue weighted by Crippen LogP contribution is -2.39. The zero-order valence-electron chi connectivity index (χ0n) is 12.3. The molecule has 1 N–H and O–H groups in total. The molecule has 5 nitrogen and oxygen atoms in total. The molecule has 0 saturated heterocycles. The van der Waals surface area contributed by atoms with Gasteiger partial charge in [-0.15, -0.1) is 11.3 Å². The van der Waals surface area contributed by atoms with Gasteiger partial charge < -0.3 is 5.32 Å². The Labute approximate surface area is 132 Å². The maximum atomic E-state index is 12.0. The summed E-state index contributed by atoms with van der Waals surface area (Å²) in [7, 11) is 1.66. The van der Waals surface area contributed by atoms with E-state index in [1.165, 1.54) is 4.68 Å². The Balaban J connectivity index is 1.64. The first kappa shape index (κ1) is 14.7. The van der Waals surface area contributed by atoms with Gasteiger partial charge in [0, 0.05) is 30.1 Å². The Morgan fingerprint density at radius 2 is 2.41 bits per heavy atom. The predicted octanol–water partition coefficient (Wildman–Crippen LogP) is 1.53. The van der Waals surface area contributed by atoms with Gasteiger partial charge in [-0.2, -0.15) is 5.10 Å². The Bertz CT molecular complexity index is 762. The van der Waals surface area contributed by atoms with Crippen molar-refractivity contribution in [3.63, 3.8) is 0 Å². The zero-order valence-corrected chi connectivity index (χ0v) is 13.1. The number of amides is 1. The highest BCUT2D eigenvalue weighted by Gasteiger charge is 2.21. The van der Waals surface area contributed by atoms with E-state index in [4.69, 9.17) is 0 Å². The van der Waals surface area contributed by atoms with Crippen LogP contribution in [0.5, 0.6) is 0 Å². The molecule has 1 aliphatic carbocycles. The SMILES string of the molecule is Cn1nc2c(cc1=O)C[C@H](NC(=O)/C=C/c1cccs1)CC2. The maximum Gasteiger partial charge on any atom is 0.266 e. The summed E-state index contributed by atoms with van der Waals surface area (Å²) in [5.41, 5.74) is 1.80. The number of fused-ring (bicyclic) bond motifs is 1. The van der Waals surface area contributed by atoms with Crippen molar-refractivity contribution in [3.05, 3.63) is 56.1 Å². The molecular formula is C16H17N3O2S. The monoisotopic (exact) mass is 315 g/mol. The topological polar surface area (TPSA) is 64.0 Å². The summed E-state index contributed by atoms with van der Waals surface area (Å²) >= 11 is 1.59. The van der Waals surface area contributed by atoms with E-state index in [0.717, 1.165) is 29.0 Å². The first-order chi connectivity index (χ1) is 10.6. The zero-order chi connectivity index (χ0) is 15.5. The molecule has 1 amide bonds. The molecule has 1 atom stereocenters. The van der Waals surface area contributed by atoms with Crippen LogP contribution < -0.4 is 10.9 Å². The standard InChI is InChI=1S/C16H17N3O2S/c1-19-16(21)10-11-9-12(4-6-14(11)18-19)17-15(20)7-5-13-3-2-8-22-13/h2-3,5,7-8,10,12H,4,6,9H2,1H3,(H,17,20)/b7-5+/t12-/m1/s1. The van der Waals surface area contributed by atoms with Gasteiger partial charge in [0.15, 0.2) is 0 Å². The van der Waals surface area contributed by atoms with Crippen LogP contribution in [-0.2, 0) is 24.7 Å². The molecule has 1 aliphatic rings. The number of carbonyl (C=O) groups is 1. The fraction of sp³-hybridized carbons (Fsp3) is 0.312. The summed E-state index contributed by atoms with van der Waals surface area (Å²) < 4.78 is 1.36. The van der Waals surface area contributed by atoms with Gasteiger partial charge in [-0.05, 0) is 42.3 Å². The van der Waals surface area contributed by atoms with Crippen molar-refractivity contribution in [3.8, 4) is 0 Å². The summed E-state index contributed by atoms with van der Waals surface area (Å²) in [4.78, 5) is 24.7. The van der Waals surface area contributed by atoms with Gasteiger partial charge in [0.05, 0.1) is 5.69 Å². The number of thiophene rings is 1. The largest absolute Gasteiger partial charge is 0.349 e. The Kier molecular flexibility index (Phi) is 4.20. The van der Waals surface area contributed by atoms with Crippen LogP contribution in [0.3, 0.4) is 0 Å². The first-order valence-electron chi connectivity index (χ1n) is 7.20. The van der Waals surface area contributed by atoms with E-state index in [0.29, 0.717) is 6.42 Å². The van der Waals surface area contributed by atoms with Crippen LogP contribution in [-0.4, -0.2) is 21.7 Å². The number of nitrogens with one attached hydrogen (secondary N) is 1. The van der Waals surface area contributed by atoms with Gasteiger partial charge in [0.25, 0.3) is 5.56 Å². The average molecular weight is 315 g/mol. The molecule has 0 bridgehead atoms. The fourth-order valence-corrected chi connectivity index (χ4v) is 3.22. The van der Waals surface area contributed by atoms with E-state index in [1.807, 2.05) is 23.6 Å². The number of hydrogen-bond donors (Lipinski definition) is 1. The van der Waals surface area contributed by atoms with Gasteiger partial charge in [-0.1, -0.05) is 6.07 Å². The molecule has 0 aromatic carbocycles. The number of nitrogens with zero attached hydrogens (tertiary/aromatic N) is 2. The number of aromatic nitrogens is 2. The van der Waals surface area contributed by atoms with Crippen LogP contribution in [0, 0.1) is 0 Å². The number of rotatable bonds is 3. The van der Waals surface area contributed by atoms with E-state index < -0.39 is 0 Å². The lowest BCUT2D eigenvalue weighted by Gasteiger charge is -2.24. The fourth-order valence-electron chi connectivity index (χ4n) is 2.60. The molecular weight excluding hydrogens is 298 g/mol. The molecule has 2 aromatic heterocycles. The third-order valence-corrected chi connectivity index (χ3v) is 4.58. The summed E-state index contributed by atoms with van der Waals surface area (Å²) in [6, 6.07) is 5.60. The molecule has 114 valence electrons. The Morgan fingerprint density at radius 1 is 1.55 bits per heavy atom. The van der Waals surface area contributed by atoms with Crippen LogP contribution in [0.2, 0.25) is 0 Å². The van der Waals surface area contributed by atoms with E-state index in [2.05, 4.69) is 10.4 Å². The number of hydrogen-bond acceptors (Lipinski definition) is 4. The Hall–Kier alpha value is -2.21. The summed E-state index contributed by atoms with van der Waals surface area (Å²) in [6.07, 6.45) is 5.66. The number of carbonyl (C=O) groups excluding carboxylic acids is 1. The highest BCUT2D eigenvalue weighted by molar-refractivity contribution is 7.10. The van der Waals surface area contributed by atoms with E-state index in [-0.39, 0.29) is 17.5 Å². The summed E-state index contributed by atoms with van der Waals surface area (Å²) in [5, 5.41) is 9.25. The molecule has 3 rings (SSSR count). The second-order valence-electron chi connectivity index (χ2n) is 5.38. The van der Waals surface area contributed by atoms with Crippen molar-refractivity contribution in [1.29, 1.82) is 0 Å². The number of aryl methyl sites for hydroxylation is 2. The van der Waals surface area contributed by atoms with E-state index in [1.54, 1.807) is 30.5 Å². The second kappa shape index (κ2) is 6.27. The van der Waals surface area contributed by atoms with Crippen molar-refractivity contribution >= 4 is 23.3 Å². The van der Waals surface area contributed by atoms with Crippen molar-refractivity contribution in [2.24, 2.45) is 7.05 Å².